The zero-order chi connectivity index (χ0) is 25.1. The molecular formula is C21H45N6O4P. The number of phosphoric acid groups is 1. The van der Waals surface area contributed by atoms with Crippen LogP contribution in [0, 0.1) is 0 Å². The zero-order valence-electron chi connectivity index (χ0n) is 21.6. The third kappa shape index (κ3) is 11.4. The summed E-state index contributed by atoms with van der Waals surface area (Å²) in [5.74, 6) is 4.24. The number of hydrogen-bond acceptors (Lipinski definition) is 7. The Morgan fingerprint density at radius 1 is 0.656 bits per heavy atom. The van der Waals surface area contributed by atoms with E-state index in [4.69, 9.17) is 19.2 Å². The van der Waals surface area contributed by atoms with Gasteiger partial charge in [0.25, 0.3) is 0 Å². The summed E-state index contributed by atoms with van der Waals surface area (Å²) < 4.78 is 15.4. The molecule has 188 valence electrons. The fraction of sp³-hybridized carbons (Fsp3) is 0.857. The van der Waals surface area contributed by atoms with Crippen LogP contribution in [0.5, 0.6) is 0 Å². The van der Waals surface area contributed by atoms with Gasteiger partial charge in [0.2, 0.25) is 17.5 Å². The highest BCUT2D eigenvalue weighted by Gasteiger charge is 2.22. The van der Waals surface area contributed by atoms with Crippen molar-refractivity contribution in [2.75, 3.05) is 80.0 Å². The van der Waals surface area contributed by atoms with E-state index in [1.165, 1.54) is 56.8 Å². The predicted molar refractivity (Wildman–Crippen MR) is 125 cm³/mol. The normalized spacial score (nSPS) is 18.4. The van der Waals surface area contributed by atoms with Gasteiger partial charge in [0.05, 0.1) is 40.8 Å². The fourth-order valence-corrected chi connectivity index (χ4v) is 3.67. The molecule has 0 unspecified atom stereocenters. The Bertz CT molecular complexity index is 643. The zero-order valence-corrected chi connectivity index (χ0v) is 22.5. The molecule has 0 aromatic carbocycles. The predicted octanol–water partition coefficient (Wildman–Crippen LogP) is -1.68. The Morgan fingerprint density at radius 3 is 0.906 bits per heavy atom. The summed E-state index contributed by atoms with van der Waals surface area (Å²) in [5, 5.41) is 0. The molecule has 3 heterocycles. The summed E-state index contributed by atoms with van der Waals surface area (Å²) in [6.45, 7) is 23.8. The van der Waals surface area contributed by atoms with Crippen LogP contribution in [0.25, 0.3) is 0 Å². The first kappa shape index (κ1) is 30.5. The number of nitrogens with zero attached hydrogens (tertiary/aromatic N) is 6. The second kappa shape index (κ2) is 14.6. The molecule has 3 aliphatic rings. The van der Waals surface area contributed by atoms with Crippen LogP contribution < -0.4 is 14.7 Å². The van der Waals surface area contributed by atoms with E-state index in [1.54, 1.807) is 0 Å². The van der Waals surface area contributed by atoms with Crippen LogP contribution in [0.2, 0.25) is 0 Å². The first-order chi connectivity index (χ1) is 14.8. The van der Waals surface area contributed by atoms with Gasteiger partial charge in [-0.3, -0.25) is 28.4 Å². The number of rotatable bonds is 3. The maximum atomic E-state index is 8.55. The second-order valence-corrected chi connectivity index (χ2v) is 8.99. The molecule has 0 saturated carbocycles. The Morgan fingerprint density at radius 2 is 0.844 bits per heavy atom. The van der Waals surface area contributed by atoms with E-state index in [1.807, 2.05) is 0 Å². The van der Waals surface area contributed by atoms with Crippen LogP contribution in [0.1, 0.15) is 41.5 Å². The molecule has 0 N–H and O–H groups in total. The van der Waals surface area contributed by atoms with Crippen LogP contribution in [-0.4, -0.2) is 126 Å². The van der Waals surface area contributed by atoms with Gasteiger partial charge in [0, 0.05) is 20.8 Å². The van der Waals surface area contributed by atoms with E-state index in [2.05, 4.69) is 91.1 Å². The quantitative estimate of drug-likeness (QED) is 0.354. The van der Waals surface area contributed by atoms with Crippen molar-refractivity contribution >= 4 is 25.3 Å². The molecule has 0 atom stereocenters. The molecule has 10 nitrogen and oxygen atoms in total. The monoisotopic (exact) mass is 476 g/mol. The standard InChI is InChI=1S/3C7H15N2.H3O4P/c3*1-4-9-6-5-8(3)7(9)2;1-5(2,3)4/h3*4-6H2,1-3H3;(H3,1,2,3,4)/q3*+1;/p-3. The van der Waals surface area contributed by atoms with Crippen LogP contribution in [0.3, 0.4) is 0 Å². The van der Waals surface area contributed by atoms with Crippen molar-refractivity contribution in [3.8, 4) is 0 Å². The third-order valence-electron chi connectivity index (χ3n) is 6.29. The largest absolute Gasteiger partial charge is 0.822 e. The lowest BCUT2D eigenvalue weighted by atomic mass is 10.5. The first-order valence-electron chi connectivity index (χ1n) is 11.4. The fourth-order valence-electron chi connectivity index (χ4n) is 3.67. The van der Waals surface area contributed by atoms with E-state index >= 15 is 0 Å². The summed E-state index contributed by atoms with van der Waals surface area (Å²) in [7, 11) is 1.04. The van der Waals surface area contributed by atoms with Crippen molar-refractivity contribution in [2.45, 2.75) is 41.5 Å². The molecular weight excluding hydrogens is 431 g/mol. The van der Waals surface area contributed by atoms with Crippen molar-refractivity contribution in [1.29, 1.82) is 0 Å². The Labute approximate surface area is 195 Å². The van der Waals surface area contributed by atoms with E-state index in [0.717, 1.165) is 19.6 Å². The van der Waals surface area contributed by atoms with Crippen LogP contribution in [0.15, 0.2) is 0 Å². The van der Waals surface area contributed by atoms with Gasteiger partial charge in [-0.05, 0) is 20.8 Å². The average molecular weight is 477 g/mol. The van der Waals surface area contributed by atoms with Gasteiger partial charge in [0.1, 0.15) is 39.3 Å². The molecule has 0 aromatic heterocycles. The average Bonchev–Trinajstić information content (AvgIpc) is 3.34. The molecule has 3 rings (SSSR count). The van der Waals surface area contributed by atoms with Crippen molar-refractivity contribution in [3.05, 3.63) is 0 Å². The van der Waals surface area contributed by atoms with Crippen LogP contribution >= 0.6 is 7.82 Å². The van der Waals surface area contributed by atoms with Gasteiger partial charge in [-0.25, -0.2) is 0 Å². The molecule has 32 heavy (non-hydrogen) atoms. The number of likely N-dealkylation sites (N-methyl/N-ethyl adjacent to an activating group) is 6. The number of amidine groups is 3. The molecule has 0 aliphatic carbocycles. The first-order valence-corrected chi connectivity index (χ1v) is 12.8. The van der Waals surface area contributed by atoms with Crippen molar-refractivity contribution in [1.82, 2.24) is 14.7 Å². The molecule has 3 aliphatic heterocycles. The topological polar surface area (TPSA) is 105 Å². The lowest BCUT2D eigenvalue weighted by molar-refractivity contribution is -0.487. The maximum Gasteiger partial charge on any atom is 0.243 e. The van der Waals surface area contributed by atoms with Gasteiger partial charge in [-0.1, -0.05) is 0 Å². The Balaban J connectivity index is 0.000000410. The Hall–Kier alpha value is -1.48. The van der Waals surface area contributed by atoms with Gasteiger partial charge in [-0.15, -0.1) is 0 Å². The van der Waals surface area contributed by atoms with Crippen molar-refractivity contribution in [2.24, 2.45) is 0 Å². The van der Waals surface area contributed by atoms with Crippen molar-refractivity contribution < 1.29 is 33.0 Å². The van der Waals surface area contributed by atoms with Crippen molar-refractivity contribution in [3.63, 3.8) is 0 Å². The molecule has 0 fully saturated rings. The maximum absolute atomic E-state index is 8.55. The van der Waals surface area contributed by atoms with Gasteiger partial charge in [0.15, 0.2) is 0 Å². The molecule has 11 heteroatoms. The smallest absolute Gasteiger partial charge is 0.243 e. The lowest BCUT2D eigenvalue weighted by Gasteiger charge is -2.36. The third-order valence-corrected chi connectivity index (χ3v) is 6.29. The molecule has 0 bridgehead atoms. The molecule has 0 spiro atoms. The summed E-state index contributed by atoms with van der Waals surface area (Å²) in [4.78, 5) is 32.8. The summed E-state index contributed by atoms with van der Waals surface area (Å²) in [5.41, 5.74) is 0. The SMILES string of the molecule is CCN1CC[N+](C)=C1C.CCN1CC[N+](C)=C1C.CCN1CC[N+](C)=C1C.O=P([O-])([O-])[O-]. The van der Waals surface area contributed by atoms with E-state index < -0.39 is 7.82 Å². The van der Waals surface area contributed by atoms with Crippen LogP contribution in [-0.2, 0) is 4.57 Å². The highest BCUT2D eigenvalue weighted by Crippen LogP contribution is 2.03. The van der Waals surface area contributed by atoms with E-state index in [-0.39, 0.29) is 0 Å². The minimum Gasteiger partial charge on any atom is -0.822 e. The molecule has 0 saturated heterocycles. The summed E-state index contributed by atoms with van der Waals surface area (Å²) >= 11 is 0. The highest BCUT2D eigenvalue weighted by atomic mass is 31.2. The summed E-state index contributed by atoms with van der Waals surface area (Å²) in [6, 6.07) is 0. The molecule has 0 radical (unpaired) electrons. The lowest BCUT2D eigenvalue weighted by Crippen LogP contribution is -2.25. The van der Waals surface area contributed by atoms with Gasteiger partial charge >= 0.3 is 0 Å². The van der Waals surface area contributed by atoms with E-state index in [0.29, 0.717) is 0 Å². The van der Waals surface area contributed by atoms with Gasteiger partial charge in [-0.2, -0.15) is 7.82 Å². The summed E-state index contributed by atoms with van der Waals surface area (Å²) in [6.07, 6.45) is 0. The minimum absolute atomic E-state index is 1.15. The minimum atomic E-state index is -5.39. The molecule has 0 aromatic rings. The van der Waals surface area contributed by atoms with E-state index in [9.17, 15) is 0 Å². The number of hydrogen-bond donors (Lipinski definition) is 0. The van der Waals surface area contributed by atoms with Gasteiger partial charge < -0.3 is 19.2 Å². The molecule has 0 amide bonds. The Kier molecular flexibility index (Phi) is 13.9. The highest BCUT2D eigenvalue weighted by molar-refractivity contribution is 7.40. The second-order valence-electron chi connectivity index (χ2n) is 8.09. The van der Waals surface area contributed by atoms with Crippen LogP contribution in [0.4, 0.5) is 0 Å².